The van der Waals surface area contributed by atoms with E-state index in [0.717, 1.165) is 22.2 Å². The molecule has 0 unspecified atom stereocenters. The molecule has 0 radical (unpaired) electrons. The molecule has 1 N–H and O–H groups in total. The Hall–Kier alpha value is -2.93. The molecule has 0 saturated carbocycles. The van der Waals surface area contributed by atoms with E-state index in [1.807, 2.05) is 56.3 Å². The number of carbonyl (C=O) groups is 1. The summed E-state index contributed by atoms with van der Waals surface area (Å²) in [5, 5.41) is 3.61. The third-order valence-electron chi connectivity index (χ3n) is 3.68. The lowest BCUT2D eigenvalue weighted by atomic mass is 10.3. The van der Waals surface area contributed by atoms with E-state index in [-0.39, 0.29) is 5.91 Å². The molecule has 0 aliphatic heterocycles. The number of hydrogen-bond donors (Lipinski definition) is 1. The summed E-state index contributed by atoms with van der Waals surface area (Å²) in [5.74, 6) is 1.39. The van der Waals surface area contributed by atoms with Gasteiger partial charge in [0, 0.05) is 6.20 Å². The summed E-state index contributed by atoms with van der Waals surface area (Å²) in [5.41, 5.74) is 1.47. The van der Waals surface area contributed by atoms with Crippen LogP contribution in [-0.2, 0) is 0 Å². The number of amides is 1. The lowest BCUT2D eigenvalue weighted by Gasteiger charge is -2.08. The van der Waals surface area contributed by atoms with Crippen molar-refractivity contribution in [2.75, 3.05) is 19.8 Å². The van der Waals surface area contributed by atoms with Gasteiger partial charge in [-0.05, 0) is 50.2 Å². The molecule has 0 aliphatic rings. The van der Waals surface area contributed by atoms with Gasteiger partial charge in [-0.3, -0.25) is 9.78 Å². The molecule has 1 amide bonds. The number of aromatic nitrogens is 2. The van der Waals surface area contributed by atoms with Crippen molar-refractivity contribution in [3.05, 3.63) is 59.2 Å². The van der Waals surface area contributed by atoms with Crippen LogP contribution in [0, 0.1) is 6.92 Å². The maximum Gasteiger partial charge on any atom is 0.263 e. The van der Waals surface area contributed by atoms with E-state index in [0.29, 0.717) is 30.3 Å². The first kappa shape index (κ1) is 18.8. The SMILES string of the molecule is CCOc1ccc(OCCNC(=O)c2sc(-c3ccccn3)nc2C)cc1. The minimum absolute atomic E-state index is 0.150. The lowest BCUT2D eigenvalue weighted by molar-refractivity contribution is 0.0950. The van der Waals surface area contributed by atoms with Gasteiger partial charge in [0.25, 0.3) is 5.91 Å². The second kappa shape index (κ2) is 9.14. The van der Waals surface area contributed by atoms with Crippen molar-refractivity contribution < 1.29 is 14.3 Å². The summed E-state index contributed by atoms with van der Waals surface area (Å²) in [6.45, 7) is 5.18. The molecule has 2 heterocycles. The molecule has 1 aromatic carbocycles. The second-order valence-corrected chi connectivity index (χ2v) is 6.66. The van der Waals surface area contributed by atoms with Gasteiger partial charge in [0.1, 0.15) is 28.0 Å². The van der Waals surface area contributed by atoms with Crippen molar-refractivity contribution in [1.82, 2.24) is 15.3 Å². The average molecular weight is 383 g/mol. The summed E-state index contributed by atoms with van der Waals surface area (Å²) in [7, 11) is 0. The third-order valence-corrected chi connectivity index (χ3v) is 4.86. The summed E-state index contributed by atoms with van der Waals surface area (Å²) in [4.78, 5) is 21.7. The zero-order chi connectivity index (χ0) is 19.1. The van der Waals surface area contributed by atoms with Gasteiger partial charge in [0.05, 0.1) is 24.5 Å². The van der Waals surface area contributed by atoms with Crippen LogP contribution in [0.3, 0.4) is 0 Å². The molecular weight excluding hydrogens is 362 g/mol. The molecule has 140 valence electrons. The second-order valence-electron chi connectivity index (χ2n) is 5.66. The van der Waals surface area contributed by atoms with Gasteiger partial charge in [0.15, 0.2) is 0 Å². The first-order valence-corrected chi connectivity index (χ1v) is 9.51. The van der Waals surface area contributed by atoms with Crippen LogP contribution >= 0.6 is 11.3 Å². The van der Waals surface area contributed by atoms with E-state index in [1.165, 1.54) is 11.3 Å². The Morgan fingerprint density at radius 3 is 2.52 bits per heavy atom. The van der Waals surface area contributed by atoms with Gasteiger partial charge in [-0.1, -0.05) is 6.07 Å². The predicted molar refractivity (Wildman–Crippen MR) is 106 cm³/mol. The maximum absolute atomic E-state index is 12.4. The quantitative estimate of drug-likeness (QED) is 0.600. The number of benzene rings is 1. The highest BCUT2D eigenvalue weighted by atomic mass is 32.1. The van der Waals surface area contributed by atoms with Crippen molar-refractivity contribution in [2.24, 2.45) is 0 Å². The first-order valence-electron chi connectivity index (χ1n) is 8.70. The standard InChI is InChI=1S/C20H21N3O3S/c1-3-25-15-7-9-16(10-8-15)26-13-12-22-19(24)18-14(2)23-20(27-18)17-6-4-5-11-21-17/h4-11H,3,12-13H2,1-2H3,(H,22,24). The number of hydrogen-bond acceptors (Lipinski definition) is 6. The fourth-order valence-corrected chi connectivity index (χ4v) is 3.38. The van der Waals surface area contributed by atoms with E-state index in [2.05, 4.69) is 15.3 Å². The Bertz CT molecular complexity index is 879. The minimum Gasteiger partial charge on any atom is -0.494 e. The van der Waals surface area contributed by atoms with Gasteiger partial charge < -0.3 is 14.8 Å². The third kappa shape index (κ3) is 5.04. The van der Waals surface area contributed by atoms with Gasteiger partial charge in [-0.15, -0.1) is 11.3 Å². The molecule has 0 spiro atoms. The number of nitrogens with zero attached hydrogens (tertiary/aromatic N) is 2. The first-order chi connectivity index (χ1) is 13.2. The average Bonchev–Trinajstić information content (AvgIpc) is 3.09. The number of carbonyl (C=O) groups excluding carboxylic acids is 1. The molecule has 3 aromatic rings. The van der Waals surface area contributed by atoms with Crippen LogP contribution in [0.25, 0.3) is 10.7 Å². The molecule has 0 fully saturated rings. The summed E-state index contributed by atoms with van der Waals surface area (Å²) in [6, 6.07) is 13.0. The predicted octanol–water partition coefficient (Wildman–Crippen LogP) is 3.72. The number of aryl methyl sites for hydroxylation is 1. The molecule has 2 aromatic heterocycles. The van der Waals surface area contributed by atoms with Crippen molar-refractivity contribution in [3.63, 3.8) is 0 Å². The highest BCUT2D eigenvalue weighted by molar-refractivity contribution is 7.17. The number of rotatable bonds is 8. The summed E-state index contributed by atoms with van der Waals surface area (Å²) < 4.78 is 11.0. The zero-order valence-electron chi connectivity index (χ0n) is 15.3. The molecule has 6 nitrogen and oxygen atoms in total. The molecule has 7 heteroatoms. The highest BCUT2D eigenvalue weighted by Gasteiger charge is 2.16. The van der Waals surface area contributed by atoms with Gasteiger partial charge in [-0.25, -0.2) is 4.98 Å². The van der Waals surface area contributed by atoms with Crippen LogP contribution in [-0.4, -0.2) is 35.6 Å². The van der Waals surface area contributed by atoms with E-state index in [9.17, 15) is 4.79 Å². The smallest absolute Gasteiger partial charge is 0.263 e. The highest BCUT2D eigenvalue weighted by Crippen LogP contribution is 2.26. The number of thiazole rings is 1. The molecule has 0 aliphatic carbocycles. The largest absolute Gasteiger partial charge is 0.494 e. The van der Waals surface area contributed by atoms with Crippen LogP contribution in [0.2, 0.25) is 0 Å². The zero-order valence-corrected chi connectivity index (χ0v) is 16.1. The van der Waals surface area contributed by atoms with Crippen LogP contribution in [0.1, 0.15) is 22.3 Å². The fourth-order valence-electron chi connectivity index (χ4n) is 2.42. The Kier molecular flexibility index (Phi) is 6.38. The van der Waals surface area contributed by atoms with E-state index < -0.39 is 0 Å². The molecule has 0 saturated heterocycles. The molecule has 27 heavy (non-hydrogen) atoms. The Morgan fingerprint density at radius 2 is 1.85 bits per heavy atom. The molecule has 3 rings (SSSR count). The van der Waals surface area contributed by atoms with Crippen molar-refractivity contribution in [3.8, 4) is 22.2 Å². The van der Waals surface area contributed by atoms with E-state index in [4.69, 9.17) is 9.47 Å². The number of nitrogens with one attached hydrogen (secondary N) is 1. The Balaban J connectivity index is 1.50. The topological polar surface area (TPSA) is 73.3 Å². The molecular formula is C20H21N3O3S. The number of ether oxygens (including phenoxy) is 2. The van der Waals surface area contributed by atoms with Crippen molar-refractivity contribution >= 4 is 17.2 Å². The van der Waals surface area contributed by atoms with Crippen LogP contribution in [0.15, 0.2) is 48.7 Å². The Morgan fingerprint density at radius 1 is 1.11 bits per heavy atom. The fraction of sp³-hybridized carbons (Fsp3) is 0.250. The monoisotopic (exact) mass is 383 g/mol. The summed E-state index contributed by atoms with van der Waals surface area (Å²) >= 11 is 1.34. The summed E-state index contributed by atoms with van der Waals surface area (Å²) in [6.07, 6.45) is 1.71. The molecule has 0 atom stereocenters. The van der Waals surface area contributed by atoms with Gasteiger partial charge in [0.2, 0.25) is 0 Å². The number of pyridine rings is 1. The maximum atomic E-state index is 12.4. The molecule has 0 bridgehead atoms. The van der Waals surface area contributed by atoms with Crippen LogP contribution < -0.4 is 14.8 Å². The van der Waals surface area contributed by atoms with E-state index in [1.54, 1.807) is 6.20 Å². The van der Waals surface area contributed by atoms with E-state index >= 15 is 0 Å². The van der Waals surface area contributed by atoms with Gasteiger partial charge in [-0.2, -0.15) is 0 Å². The van der Waals surface area contributed by atoms with Gasteiger partial charge >= 0.3 is 0 Å². The normalized spacial score (nSPS) is 10.4. The lowest BCUT2D eigenvalue weighted by Crippen LogP contribution is -2.27. The minimum atomic E-state index is -0.150. The van der Waals surface area contributed by atoms with Crippen molar-refractivity contribution in [1.29, 1.82) is 0 Å². The Labute approximate surface area is 162 Å². The van der Waals surface area contributed by atoms with Crippen LogP contribution in [0.5, 0.6) is 11.5 Å². The van der Waals surface area contributed by atoms with Crippen LogP contribution in [0.4, 0.5) is 0 Å². The van der Waals surface area contributed by atoms with Crippen molar-refractivity contribution in [2.45, 2.75) is 13.8 Å².